The second-order valence-electron chi connectivity index (χ2n) is 5.68. The fourth-order valence-corrected chi connectivity index (χ4v) is 2.67. The molecule has 1 atom stereocenters. The van der Waals surface area contributed by atoms with Crippen LogP contribution in [0.25, 0.3) is 0 Å². The van der Waals surface area contributed by atoms with E-state index in [4.69, 9.17) is 5.73 Å². The molecule has 7 nitrogen and oxygen atoms in total. The van der Waals surface area contributed by atoms with Crippen LogP contribution in [0.1, 0.15) is 23.6 Å². The van der Waals surface area contributed by atoms with Crippen molar-refractivity contribution in [1.82, 2.24) is 19.9 Å². The lowest BCUT2D eigenvalue weighted by molar-refractivity contribution is -0.128. The fraction of sp³-hybridized carbons (Fsp3) is 0.375. The van der Waals surface area contributed by atoms with Gasteiger partial charge >= 0.3 is 0 Å². The Morgan fingerprint density at radius 1 is 1.39 bits per heavy atom. The van der Waals surface area contributed by atoms with Gasteiger partial charge in [-0.25, -0.2) is 15.0 Å². The van der Waals surface area contributed by atoms with E-state index in [0.717, 1.165) is 24.2 Å². The summed E-state index contributed by atoms with van der Waals surface area (Å²) in [5.41, 5.74) is 7.45. The number of aromatic nitrogens is 3. The number of rotatable bonds is 4. The minimum absolute atomic E-state index is 0.0104. The third-order valence-electron chi connectivity index (χ3n) is 3.96. The number of carbonyl (C=O) groups is 1. The second kappa shape index (κ2) is 6.70. The maximum absolute atomic E-state index is 11.7. The highest BCUT2D eigenvalue weighted by Gasteiger charge is 2.27. The first kappa shape index (κ1) is 15.4. The van der Waals surface area contributed by atoms with Crippen molar-refractivity contribution < 1.29 is 4.79 Å². The van der Waals surface area contributed by atoms with Gasteiger partial charge in [0, 0.05) is 31.4 Å². The minimum atomic E-state index is -0.0104. The maximum atomic E-state index is 11.7. The molecule has 2 aromatic heterocycles. The summed E-state index contributed by atoms with van der Waals surface area (Å²) in [6.45, 7) is 3.44. The van der Waals surface area contributed by atoms with Crippen LogP contribution in [-0.4, -0.2) is 45.4 Å². The van der Waals surface area contributed by atoms with Crippen molar-refractivity contribution in [3.63, 3.8) is 0 Å². The molecule has 0 radical (unpaired) electrons. The molecule has 23 heavy (non-hydrogen) atoms. The van der Waals surface area contributed by atoms with Crippen molar-refractivity contribution in [3.8, 4) is 0 Å². The second-order valence-corrected chi connectivity index (χ2v) is 5.68. The third-order valence-corrected chi connectivity index (χ3v) is 3.96. The molecule has 1 saturated heterocycles. The van der Waals surface area contributed by atoms with E-state index in [9.17, 15) is 4.79 Å². The molecule has 1 aliphatic heterocycles. The molecule has 2 aromatic rings. The molecule has 1 aliphatic rings. The lowest BCUT2D eigenvalue weighted by Crippen LogP contribution is -2.33. The number of amides is 1. The zero-order chi connectivity index (χ0) is 16.2. The predicted octanol–water partition coefficient (Wildman–Crippen LogP) is 1.20. The zero-order valence-electron chi connectivity index (χ0n) is 13.1. The van der Waals surface area contributed by atoms with E-state index in [1.54, 1.807) is 17.3 Å². The fourth-order valence-electron chi connectivity index (χ4n) is 2.67. The number of likely N-dealkylation sites (tertiary alicyclic amines) is 1. The number of carbonyl (C=O) groups excluding carboxylic acids is 1. The molecule has 120 valence electrons. The van der Waals surface area contributed by atoms with Crippen LogP contribution in [-0.2, 0) is 4.79 Å². The molecule has 3 rings (SSSR count). The number of anilines is 2. The highest BCUT2D eigenvalue weighted by Crippen LogP contribution is 2.26. The number of hydrogen-bond donors (Lipinski definition) is 2. The van der Waals surface area contributed by atoms with E-state index in [2.05, 4.69) is 20.3 Å². The minimum Gasteiger partial charge on any atom is -0.341 e. The molecule has 0 aromatic carbocycles. The van der Waals surface area contributed by atoms with Gasteiger partial charge < -0.3 is 16.0 Å². The lowest BCUT2D eigenvalue weighted by atomic mass is 10.1. The van der Waals surface area contributed by atoms with E-state index in [0.29, 0.717) is 18.3 Å². The maximum Gasteiger partial charge on any atom is 0.236 e. The van der Waals surface area contributed by atoms with Gasteiger partial charge in [-0.2, -0.15) is 0 Å². The van der Waals surface area contributed by atoms with Crippen molar-refractivity contribution in [2.75, 3.05) is 25.0 Å². The van der Waals surface area contributed by atoms with E-state index in [1.165, 1.54) is 0 Å². The van der Waals surface area contributed by atoms with Crippen molar-refractivity contribution in [2.24, 2.45) is 5.73 Å². The molecule has 3 heterocycles. The molecule has 3 N–H and O–H groups in total. The van der Waals surface area contributed by atoms with Gasteiger partial charge in [-0.1, -0.05) is 6.07 Å². The molecule has 0 aliphatic carbocycles. The first-order valence-corrected chi connectivity index (χ1v) is 7.66. The predicted molar refractivity (Wildman–Crippen MR) is 87.3 cm³/mol. The van der Waals surface area contributed by atoms with Gasteiger partial charge in [0.15, 0.2) is 0 Å². The highest BCUT2D eigenvalue weighted by molar-refractivity contribution is 5.78. The SMILES string of the molecule is Cc1ccc(Nc2nccc([C@H]3CCN(C(=O)CN)C3)n2)nc1. The Labute approximate surface area is 135 Å². The molecule has 0 saturated carbocycles. The lowest BCUT2D eigenvalue weighted by Gasteiger charge is -2.15. The van der Waals surface area contributed by atoms with Crippen LogP contribution in [0.5, 0.6) is 0 Å². The van der Waals surface area contributed by atoms with Crippen molar-refractivity contribution in [3.05, 3.63) is 41.9 Å². The largest absolute Gasteiger partial charge is 0.341 e. The van der Waals surface area contributed by atoms with Crippen molar-refractivity contribution in [1.29, 1.82) is 0 Å². The highest BCUT2D eigenvalue weighted by atomic mass is 16.2. The summed E-state index contributed by atoms with van der Waals surface area (Å²) in [6, 6.07) is 5.77. The summed E-state index contributed by atoms with van der Waals surface area (Å²) < 4.78 is 0. The normalized spacial score (nSPS) is 17.3. The summed E-state index contributed by atoms with van der Waals surface area (Å²) in [4.78, 5) is 26.6. The molecule has 0 unspecified atom stereocenters. The number of nitrogens with one attached hydrogen (secondary N) is 1. The van der Waals surface area contributed by atoms with E-state index >= 15 is 0 Å². The van der Waals surface area contributed by atoms with Gasteiger partial charge in [0.2, 0.25) is 11.9 Å². The zero-order valence-corrected chi connectivity index (χ0v) is 13.1. The van der Waals surface area contributed by atoms with Crippen LogP contribution < -0.4 is 11.1 Å². The summed E-state index contributed by atoms with van der Waals surface area (Å²) in [5, 5.41) is 3.11. The molecule has 0 spiro atoms. The summed E-state index contributed by atoms with van der Waals surface area (Å²) in [6.07, 6.45) is 4.41. The molecule has 7 heteroatoms. The summed E-state index contributed by atoms with van der Waals surface area (Å²) in [7, 11) is 0. The number of nitrogens with two attached hydrogens (primary N) is 1. The van der Waals surface area contributed by atoms with Gasteiger partial charge in [0.25, 0.3) is 0 Å². The van der Waals surface area contributed by atoms with Gasteiger partial charge in [0.1, 0.15) is 5.82 Å². The van der Waals surface area contributed by atoms with Crippen LogP contribution in [0.15, 0.2) is 30.6 Å². The Bertz CT molecular complexity index is 687. The Hall–Kier alpha value is -2.54. The Kier molecular flexibility index (Phi) is 4.47. The first-order chi connectivity index (χ1) is 11.2. The van der Waals surface area contributed by atoms with Crippen LogP contribution >= 0.6 is 0 Å². The third kappa shape index (κ3) is 3.62. The smallest absolute Gasteiger partial charge is 0.236 e. The topological polar surface area (TPSA) is 97.0 Å². The van der Waals surface area contributed by atoms with E-state index < -0.39 is 0 Å². The molecule has 1 amide bonds. The molecule has 1 fully saturated rings. The van der Waals surface area contributed by atoms with E-state index in [-0.39, 0.29) is 18.4 Å². The van der Waals surface area contributed by atoms with E-state index in [1.807, 2.05) is 25.1 Å². The number of nitrogens with zero attached hydrogens (tertiary/aromatic N) is 4. The Balaban J connectivity index is 1.70. The van der Waals surface area contributed by atoms with Gasteiger partial charge in [-0.15, -0.1) is 0 Å². The molecular weight excluding hydrogens is 292 g/mol. The summed E-state index contributed by atoms with van der Waals surface area (Å²) >= 11 is 0. The quantitative estimate of drug-likeness (QED) is 0.880. The average Bonchev–Trinajstić information content (AvgIpc) is 3.07. The number of aryl methyl sites for hydroxylation is 1. The average molecular weight is 312 g/mol. The van der Waals surface area contributed by atoms with Crippen molar-refractivity contribution in [2.45, 2.75) is 19.3 Å². The van der Waals surface area contributed by atoms with Gasteiger partial charge in [-0.05, 0) is 31.0 Å². The molecule has 0 bridgehead atoms. The number of hydrogen-bond acceptors (Lipinski definition) is 6. The Morgan fingerprint density at radius 2 is 2.26 bits per heavy atom. The Morgan fingerprint density at radius 3 is 3.00 bits per heavy atom. The van der Waals surface area contributed by atoms with Crippen LogP contribution in [0.3, 0.4) is 0 Å². The van der Waals surface area contributed by atoms with Gasteiger partial charge in [0.05, 0.1) is 12.2 Å². The van der Waals surface area contributed by atoms with Crippen LogP contribution in [0, 0.1) is 6.92 Å². The molecular formula is C16H20N6O. The number of pyridine rings is 1. The van der Waals surface area contributed by atoms with Crippen molar-refractivity contribution >= 4 is 17.7 Å². The van der Waals surface area contributed by atoms with Crippen LogP contribution in [0.4, 0.5) is 11.8 Å². The first-order valence-electron chi connectivity index (χ1n) is 7.66. The summed E-state index contributed by atoms with van der Waals surface area (Å²) in [5.74, 6) is 1.44. The van der Waals surface area contributed by atoms with Gasteiger partial charge in [-0.3, -0.25) is 4.79 Å². The standard InChI is InChI=1S/C16H20N6O/c1-11-2-3-14(19-9-11)21-16-18-6-4-13(20-16)12-5-7-22(10-12)15(23)8-17/h2-4,6,9,12H,5,7-8,10,17H2,1H3,(H,18,19,20,21)/t12-/m0/s1. The monoisotopic (exact) mass is 312 g/mol. The van der Waals surface area contributed by atoms with Crippen LogP contribution in [0.2, 0.25) is 0 Å².